The van der Waals surface area contributed by atoms with Crippen LogP contribution in [0.2, 0.25) is 5.02 Å². The Morgan fingerprint density at radius 2 is 1.92 bits per heavy atom. The summed E-state index contributed by atoms with van der Waals surface area (Å²) >= 11 is 6.07. The third kappa shape index (κ3) is 3.07. The number of nitrogens with zero attached hydrogens (tertiary/aromatic N) is 2. The molecule has 3 aliphatic heterocycles. The van der Waals surface area contributed by atoms with E-state index in [2.05, 4.69) is 28.0 Å². The molecule has 4 aliphatic rings. The van der Waals surface area contributed by atoms with Gasteiger partial charge in [0.25, 0.3) is 0 Å². The van der Waals surface area contributed by atoms with Crippen LogP contribution >= 0.6 is 11.6 Å². The first-order valence-corrected chi connectivity index (χ1v) is 10.6. The second-order valence-electron chi connectivity index (χ2n) is 8.60. The maximum absolute atomic E-state index is 6.07. The second-order valence-corrected chi connectivity index (χ2v) is 9.04. The SMILES string of the molecule is Clc1ccc(CN2CCCC3=C[C@H]4C[C@@H](CN5CCCC[C@H]45)[C@@H]32)cc1. The van der Waals surface area contributed by atoms with Gasteiger partial charge in [0.05, 0.1) is 0 Å². The van der Waals surface area contributed by atoms with Crippen LogP contribution in [0.15, 0.2) is 35.9 Å². The number of fused-ring (bicyclic) bond motifs is 6. The average molecular weight is 357 g/mol. The normalized spacial score (nSPS) is 35.6. The molecule has 4 atom stereocenters. The molecule has 0 aromatic heterocycles. The molecule has 5 rings (SSSR count). The smallest absolute Gasteiger partial charge is 0.0406 e. The first-order valence-electron chi connectivity index (χ1n) is 10.2. The standard InChI is InChI=1S/C22H29ClN2/c23-20-8-6-16(7-9-20)14-25-11-3-4-17-12-18-13-19(22(17)25)15-24-10-2-1-5-21(18)24/h6-9,12,18-19,21-22H,1-5,10-11,13-15H2/t18-,19-,21+,22+/m0/s1. The van der Waals surface area contributed by atoms with Gasteiger partial charge in [-0.3, -0.25) is 9.80 Å². The number of hydrogen-bond donors (Lipinski definition) is 0. The predicted molar refractivity (Wildman–Crippen MR) is 104 cm³/mol. The summed E-state index contributed by atoms with van der Waals surface area (Å²) in [6, 6.07) is 10.0. The Labute approximate surface area is 156 Å². The highest BCUT2D eigenvalue weighted by Crippen LogP contribution is 2.45. The maximum atomic E-state index is 6.07. The number of likely N-dealkylation sites (tertiary alicyclic amines) is 1. The topological polar surface area (TPSA) is 6.48 Å². The molecule has 2 nitrogen and oxygen atoms in total. The summed E-state index contributed by atoms with van der Waals surface area (Å²) < 4.78 is 0. The maximum Gasteiger partial charge on any atom is 0.0406 e. The van der Waals surface area contributed by atoms with Gasteiger partial charge in [-0.25, -0.2) is 0 Å². The molecule has 0 saturated carbocycles. The molecule has 3 heterocycles. The summed E-state index contributed by atoms with van der Waals surface area (Å²) in [6.45, 7) is 4.99. The zero-order valence-electron chi connectivity index (χ0n) is 15.0. The third-order valence-electron chi connectivity index (χ3n) is 7.06. The lowest BCUT2D eigenvalue weighted by atomic mass is 9.68. The molecular formula is C22H29ClN2. The van der Waals surface area contributed by atoms with Crippen molar-refractivity contribution >= 4 is 11.6 Å². The first-order chi connectivity index (χ1) is 12.3. The van der Waals surface area contributed by atoms with Crippen molar-refractivity contribution in [2.45, 2.75) is 57.2 Å². The molecule has 3 fully saturated rings. The van der Waals surface area contributed by atoms with E-state index in [-0.39, 0.29) is 0 Å². The van der Waals surface area contributed by atoms with E-state index in [1.165, 1.54) is 63.7 Å². The van der Waals surface area contributed by atoms with Crippen LogP contribution in [-0.4, -0.2) is 41.5 Å². The highest BCUT2D eigenvalue weighted by Gasteiger charge is 2.45. The van der Waals surface area contributed by atoms with E-state index in [1.54, 1.807) is 5.57 Å². The van der Waals surface area contributed by atoms with Gasteiger partial charge in [-0.05, 0) is 74.7 Å². The molecule has 3 heteroatoms. The Hall–Kier alpha value is -0.830. The van der Waals surface area contributed by atoms with Crippen LogP contribution in [-0.2, 0) is 6.54 Å². The fraction of sp³-hybridized carbons (Fsp3) is 0.636. The summed E-state index contributed by atoms with van der Waals surface area (Å²) in [5.74, 6) is 1.67. The van der Waals surface area contributed by atoms with Crippen LogP contribution in [0.25, 0.3) is 0 Å². The van der Waals surface area contributed by atoms with Gasteiger partial charge in [-0.2, -0.15) is 0 Å². The van der Waals surface area contributed by atoms with Crippen LogP contribution < -0.4 is 0 Å². The molecule has 1 aromatic carbocycles. The van der Waals surface area contributed by atoms with E-state index in [1.807, 2.05) is 12.1 Å². The van der Waals surface area contributed by atoms with Crippen molar-refractivity contribution in [1.82, 2.24) is 9.80 Å². The minimum absolute atomic E-state index is 0.684. The molecular weight excluding hydrogens is 328 g/mol. The van der Waals surface area contributed by atoms with E-state index >= 15 is 0 Å². The molecule has 25 heavy (non-hydrogen) atoms. The lowest BCUT2D eigenvalue weighted by Crippen LogP contribution is -2.58. The zero-order chi connectivity index (χ0) is 16.8. The van der Waals surface area contributed by atoms with Crippen molar-refractivity contribution in [3.8, 4) is 0 Å². The van der Waals surface area contributed by atoms with Gasteiger partial charge in [-0.1, -0.05) is 41.8 Å². The van der Waals surface area contributed by atoms with Gasteiger partial charge >= 0.3 is 0 Å². The Morgan fingerprint density at radius 3 is 2.80 bits per heavy atom. The predicted octanol–water partition coefficient (Wildman–Crippen LogP) is 4.74. The minimum Gasteiger partial charge on any atom is -0.299 e. The van der Waals surface area contributed by atoms with Crippen LogP contribution in [0.5, 0.6) is 0 Å². The molecule has 2 bridgehead atoms. The summed E-state index contributed by atoms with van der Waals surface area (Å²) in [5.41, 5.74) is 3.17. The average Bonchev–Trinajstić information content (AvgIpc) is 2.64. The van der Waals surface area contributed by atoms with Gasteiger partial charge in [0, 0.05) is 30.2 Å². The van der Waals surface area contributed by atoms with E-state index in [0.717, 1.165) is 29.4 Å². The van der Waals surface area contributed by atoms with E-state index in [9.17, 15) is 0 Å². The summed E-state index contributed by atoms with van der Waals surface area (Å²) in [7, 11) is 0. The number of rotatable bonds is 2. The number of piperidine rings is 3. The quantitative estimate of drug-likeness (QED) is 0.706. The molecule has 0 radical (unpaired) electrons. The van der Waals surface area contributed by atoms with Crippen LogP contribution in [0.1, 0.15) is 44.1 Å². The van der Waals surface area contributed by atoms with Gasteiger partial charge in [-0.15, -0.1) is 0 Å². The van der Waals surface area contributed by atoms with Crippen molar-refractivity contribution in [3.63, 3.8) is 0 Å². The molecule has 1 aliphatic carbocycles. The summed E-state index contributed by atoms with van der Waals surface area (Å²) in [4.78, 5) is 5.61. The van der Waals surface area contributed by atoms with E-state index < -0.39 is 0 Å². The molecule has 3 saturated heterocycles. The van der Waals surface area contributed by atoms with Crippen molar-refractivity contribution in [2.75, 3.05) is 19.6 Å². The lowest BCUT2D eigenvalue weighted by Gasteiger charge is -2.54. The van der Waals surface area contributed by atoms with E-state index in [4.69, 9.17) is 11.6 Å². The molecule has 0 amide bonds. The summed E-state index contributed by atoms with van der Waals surface area (Å²) in [6.07, 6.45) is 11.1. The van der Waals surface area contributed by atoms with Crippen LogP contribution in [0, 0.1) is 11.8 Å². The van der Waals surface area contributed by atoms with Gasteiger partial charge in [0.15, 0.2) is 0 Å². The fourth-order valence-electron chi connectivity index (χ4n) is 6.09. The zero-order valence-corrected chi connectivity index (χ0v) is 15.8. The largest absolute Gasteiger partial charge is 0.299 e. The Balaban J connectivity index is 1.40. The van der Waals surface area contributed by atoms with Gasteiger partial charge < -0.3 is 0 Å². The van der Waals surface area contributed by atoms with Gasteiger partial charge in [0.1, 0.15) is 0 Å². The highest BCUT2D eigenvalue weighted by atomic mass is 35.5. The molecule has 0 spiro atoms. The van der Waals surface area contributed by atoms with Crippen molar-refractivity contribution in [3.05, 3.63) is 46.5 Å². The lowest BCUT2D eigenvalue weighted by molar-refractivity contribution is -0.00264. The molecule has 1 aromatic rings. The molecule has 134 valence electrons. The highest BCUT2D eigenvalue weighted by molar-refractivity contribution is 6.30. The number of benzene rings is 1. The van der Waals surface area contributed by atoms with Crippen molar-refractivity contribution in [1.29, 1.82) is 0 Å². The molecule has 0 N–H and O–H groups in total. The second kappa shape index (κ2) is 6.72. The Morgan fingerprint density at radius 1 is 1.04 bits per heavy atom. The van der Waals surface area contributed by atoms with Gasteiger partial charge in [0.2, 0.25) is 0 Å². The van der Waals surface area contributed by atoms with Crippen molar-refractivity contribution in [2.24, 2.45) is 11.8 Å². The van der Waals surface area contributed by atoms with Crippen LogP contribution in [0.4, 0.5) is 0 Å². The number of halogens is 1. The first kappa shape index (κ1) is 16.4. The monoisotopic (exact) mass is 356 g/mol. The third-order valence-corrected chi connectivity index (χ3v) is 7.31. The fourth-order valence-corrected chi connectivity index (χ4v) is 6.21. The minimum atomic E-state index is 0.684. The van der Waals surface area contributed by atoms with Crippen molar-refractivity contribution < 1.29 is 0 Å². The molecule has 0 unspecified atom stereocenters. The van der Waals surface area contributed by atoms with Crippen LogP contribution in [0.3, 0.4) is 0 Å². The Kier molecular flexibility index (Phi) is 4.39. The van der Waals surface area contributed by atoms with E-state index in [0.29, 0.717) is 6.04 Å². The number of hydrogen-bond acceptors (Lipinski definition) is 2. The summed E-state index contributed by atoms with van der Waals surface area (Å²) in [5, 5.41) is 0.840. The Bertz CT molecular complexity index is 652.